The van der Waals surface area contributed by atoms with Gasteiger partial charge in [0.15, 0.2) is 0 Å². The summed E-state index contributed by atoms with van der Waals surface area (Å²) >= 11 is 0. The Hall–Kier alpha value is -3.41. The zero-order valence-electron chi connectivity index (χ0n) is 15.4. The molecule has 6 heteroatoms. The van der Waals surface area contributed by atoms with Gasteiger partial charge >= 0.3 is 0 Å². The lowest BCUT2D eigenvalue weighted by Crippen LogP contribution is -2.17. The first-order valence-corrected chi connectivity index (χ1v) is 9.32. The fourth-order valence-electron chi connectivity index (χ4n) is 3.25. The van der Waals surface area contributed by atoms with E-state index in [1.54, 1.807) is 24.3 Å². The summed E-state index contributed by atoms with van der Waals surface area (Å²) in [5.74, 6) is -0.0814. The second-order valence-electron chi connectivity index (χ2n) is 6.76. The van der Waals surface area contributed by atoms with Crippen molar-refractivity contribution >= 4 is 28.8 Å². The van der Waals surface area contributed by atoms with Crippen molar-refractivity contribution in [2.45, 2.75) is 12.8 Å². The summed E-state index contributed by atoms with van der Waals surface area (Å²) in [6.45, 7) is 2.24. The van der Waals surface area contributed by atoms with E-state index in [1.165, 1.54) is 36.9 Å². The van der Waals surface area contributed by atoms with E-state index in [0.29, 0.717) is 17.1 Å². The number of carbonyl (C=O) groups is 1. The Morgan fingerprint density at radius 3 is 2.43 bits per heavy atom. The topological polar surface area (TPSA) is 57.3 Å². The lowest BCUT2D eigenvalue weighted by Gasteiger charge is -2.17. The van der Waals surface area contributed by atoms with Crippen LogP contribution in [0.2, 0.25) is 0 Å². The summed E-state index contributed by atoms with van der Waals surface area (Å²) in [6.07, 6.45) is 4.00. The molecular formula is C22H21FN4O. The van der Waals surface area contributed by atoms with E-state index in [1.807, 2.05) is 12.1 Å². The highest BCUT2D eigenvalue weighted by atomic mass is 19.1. The third-order valence-corrected chi connectivity index (χ3v) is 4.72. The normalized spacial score (nSPS) is 13.4. The van der Waals surface area contributed by atoms with Gasteiger partial charge in [0, 0.05) is 36.3 Å². The van der Waals surface area contributed by atoms with Crippen molar-refractivity contribution in [3.8, 4) is 0 Å². The quantitative estimate of drug-likeness (QED) is 0.670. The van der Waals surface area contributed by atoms with Gasteiger partial charge in [-0.3, -0.25) is 4.79 Å². The molecule has 2 heterocycles. The molecule has 1 aromatic heterocycles. The van der Waals surface area contributed by atoms with E-state index in [0.717, 1.165) is 18.8 Å². The zero-order chi connectivity index (χ0) is 19.3. The number of amides is 1. The minimum absolute atomic E-state index is 0.334. The van der Waals surface area contributed by atoms with E-state index < -0.39 is 5.82 Å². The molecule has 0 aliphatic carbocycles. The lowest BCUT2D eigenvalue weighted by molar-refractivity contribution is 0.102. The second-order valence-corrected chi connectivity index (χ2v) is 6.76. The number of pyridine rings is 1. The van der Waals surface area contributed by atoms with Crippen LogP contribution in [0.1, 0.15) is 23.2 Å². The maximum Gasteiger partial charge on any atom is 0.257 e. The van der Waals surface area contributed by atoms with Crippen LogP contribution >= 0.6 is 0 Å². The van der Waals surface area contributed by atoms with Gasteiger partial charge in [-0.15, -0.1) is 0 Å². The average Bonchev–Trinajstić information content (AvgIpc) is 3.24. The molecular weight excluding hydrogens is 355 g/mol. The first kappa shape index (κ1) is 18.0. The maximum absolute atomic E-state index is 13.2. The molecule has 1 aliphatic rings. The largest absolute Gasteiger partial charge is 0.372 e. The number of hydrogen-bond donors (Lipinski definition) is 2. The highest BCUT2D eigenvalue weighted by Gasteiger charge is 2.12. The van der Waals surface area contributed by atoms with Crippen LogP contribution in [0.25, 0.3) is 0 Å². The van der Waals surface area contributed by atoms with Gasteiger partial charge in [0.25, 0.3) is 5.91 Å². The zero-order valence-corrected chi connectivity index (χ0v) is 15.4. The molecule has 0 bridgehead atoms. The SMILES string of the molecule is O=C(Nc1cccc(F)c1)c1ccc(Nc2ccc(N3CCCC3)cc2)nc1. The van der Waals surface area contributed by atoms with Crippen LogP contribution in [0.15, 0.2) is 66.9 Å². The molecule has 142 valence electrons. The maximum atomic E-state index is 13.2. The van der Waals surface area contributed by atoms with E-state index in [9.17, 15) is 9.18 Å². The molecule has 1 fully saturated rings. The molecule has 0 unspecified atom stereocenters. The molecule has 1 aliphatic heterocycles. The summed E-state index contributed by atoms with van der Waals surface area (Å²) in [5, 5.41) is 5.89. The van der Waals surface area contributed by atoms with Gasteiger partial charge in [-0.25, -0.2) is 9.37 Å². The van der Waals surface area contributed by atoms with Crippen LogP contribution in [0, 0.1) is 5.82 Å². The van der Waals surface area contributed by atoms with Gasteiger partial charge in [0.1, 0.15) is 11.6 Å². The van der Waals surface area contributed by atoms with Crippen molar-refractivity contribution < 1.29 is 9.18 Å². The molecule has 5 nitrogen and oxygen atoms in total. The summed E-state index contributed by atoms with van der Waals surface area (Å²) in [7, 11) is 0. The smallest absolute Gasteiger partial charge is 0.257 e. The predicted octanol–water partition coefficient (Wildman–Crippen LogP) is 4.82. The Kier molecular flexibility index (Phi) is 5.19. The average molecular weight is 376 g/mol. The molecule has 1 saturated heterocycles. The summed E-state index contributed by atoms with van der Waals surface area (Å²) in [4.78, 5) is 18.9. The van der Waals surface area contributed by atoms with Crippen molar-refractivity contribution in [3.63, 3.8) is 0 Å². The number of aromatic nitrogens is 1. The number of carbonyl (C=O) groups excluding carboxylic acids is 1. The van der Waals surface area contributed by atoms with Gasteiger partial charge < -0.3 is 15.5 Å². The molecule has 28 heavy (non-hydrogen) atoms. The lowest BCUT2D eigenvalue weighted by atomic mass is 10.2. The monoisotopic (exact) mass is 376 g/mol. The second kappa shape index (κ2) is 8.08. The van der Waals surface area contributed by atoms with E-state index in [-0.39, 0.29) is 5.91 Å². The van der Waals surface area contributed by atoms with Crippen LogP contribution < -0.4 is 15.5 Å². The van der Waals surface area contributed by atoms with Gasteiger partial charge in [-0.2, -0.15) is 0 Å². The Balaban J connectivity index is 1.38. The predicted molar refractivity (Wildman–Crippen MR) is 110 cm³/mol. The van der Waals surface area contributed by atoms with Gasteiger partial charge in [0.2, 0.25) is 0 Å². The summed E-state index contributed by atoms with van der Waals surface area (Å²) in [6, 6.07) is 17.5. The van der Waals surface area contributed by atoms with Crippen molar-refractivity contribution in [3.05, 3.63) is 78.2 Å². The molecule has 2 aromatic carbocycles. The number of benzene rings is 2. The van der Waals surface area contributed by atoms with Crippen molar-refractivity contribution in [2.24, 2.45) is 0 Å². The van der Waals surface area contributed by atoms with Gasteiger partial charge in [0.05, 0.1) is 5.56 Å². The van der Waals surface area contributed by atoms with Crippen molar-refractivity contribution in [1.82, 2.24) is 4.98 Å². The molecule has 0 radical (unpaired) electrons. The summed E-state index contributed by atoms with van der Waals surface area (Å²) in [5.41, 5.74) is 2.98. The van der Waals surface area contributed by atoms with Gasteiger partial charge in [-0.1, -0.05) is 6.07 Å². The Morgan fingerprint density at radius 1 is 0.964 bits per heavy atom. The van der Waals surface area contributed by atoms with Crippen LogP contribution in [0.4, 0.5) is 27.3 Å². The molecule has 3 aromatic rings. The van der Waals surface area contributed by atoms with E-state index in [4.69, 9.17) is 0 Å². The Labute approximate surface area is 163 Å². The fourth-order valence-corrected chi connectivity index (χ4v) is 3.25. The third kappa shape index (κ3) is 4.28. The third-order valence-electron chi connectivity index (χ3n) is 4.72. The number of anilines is 4. The highest BCUT2D eigenvalue weighted by Crippen LogP contribution is 2.23. The minimum atomic E-state index is -0.397. The highest BCUT2D eigenvalue weighted by molar-refractivity contribution is 6.04. The minimum Gasteiger partial charge on any atom is -0.372 e. The van der Waals surface area contributed by atoms with E-state index >= 15 is 0 Å². The van der Waals surface area contributed by atoms with Crippen LogP contribution in [-0.2, 0) is 0 Å². The number of nitrogens with zero attached hydrogens (tertiary/aromatic N) is 2. The molecule has 1 amide bonds. The number of rotatable bonds is 5. The summed E-state index contributed by atoms with van der Waals surface area (Å²) < 4.78 is 13.2. The Bertz CT molecular complexity index is 951. The van der Waals surface area contributed by atoms with Crippen LogP contribution in [0.5, 0.6) is 0 Å². The van der Waals surface area contributed by atoms with Crippen LogP contribution in [-0.4, -0.2) is 24.0 Å². The fraction of sp³-hybridized carbons (Fsp3) is 0.182. The molecule has 0 spiro atoms. The van der Waals surface area contributed by atoms with Crippen molar-refractivity contribution in [2.75, 3.05) is 28.6 Å². The van der Waals surface area contributed by atoms with Crippen molar-refractivity contribution in [1.29, 1.82) is 0 Å². The molecule has 4 rings (SSSR count). The molecule has 0 atom stereocenters. The first-order chi connectivity index (χ1) is 13.7. The molecule has 0 saturated carbocycles. The number of halogens is 1. The van der Waals surface area contributed by atoms with Gasteiger partial charge in [-0.05, 0) is 67.4 Å². The Morgan fingerprint density at radius 2 is 1.75 bits per heavy atom. The van der Waals surface area contributed by atoms with Crippen LogP contribution in [0.3, 0.4) is 0 Å². The molecule has 2 N–H and O–H groups in total. The number of nitrogens with one attached hydrogen (secondary N) is 2. The van der Waals surface area contributed by atoms with E-state index in [2.05, 4.69) is 32.7 Å². The standard InChI is InChI=1S/C22H21FN4O/c23-17-4-3-5-19(14-17)26-22(28)16-6-11-21(24-15-16)25-18-7-9-20(10-8-18)27-12-1-2-13-27/h3-11,14-15H,1-2,12-13H2,(H,24,25)(H,26,28). The number of hydrogen-bond acceptors (Lipinski definition) is 4. The first-order valence-electron chi connectivity index (χ1n) is 9.32.